The molecule has 0 unspecified atom stereocenters. The number of nitrogens with zero attached hydrogens (tertiary/aromatic N) is 2. The minimum absolute atomic E-state index is 0.00137. The number of nitrogens with two attached hydrogens (primary N) is 2. The quantitative estimate of drug-likeness (QED) is 0.0195. The van der Waals surface area contributed by atoms with Crippen molar-refractivity contribution in [1.82, 2.24) is 104 Å². The number of likely N-dealkylation sites (tertiary alicyclic amines) is 1. The first-order valence-electron chi connectivity index (χ1n) is 45.9. The number of thiol groups is 2. The number of primary amides is 1. The lowest BCUT2D eigenvalue weighted by Gasteiger charge is -2.30. The number of aliphatic hydroxyl groups excluding tert-OH is 1. The van der Waals surface area contributed by atoms with E-state index >= 15 is 24.0 Å². The molecule has 15 amide bonds. The molecule has 27 N–H and O–H groups in total. The Kier molecular flexibility index (Phi) is 39.6. The number of aromatic amines is 5. The van der Waals surface area contributed by atoms with Gasteiger partial charge >= 0.3 is 23.9 Å². The Morgan fingerprint density at radius 2 is 0.732 bits per heavy atom. The van der Waals surface area contributed by atoms with E-state index in [1.54, 1.807) is 137 Å². The molecule has 0 aliphatic carbocycles. The largest absolute Gasteiger partial charge is 0.481 e. The molecule has 0 saturated carbocycles. The minimum Gasteiger partial charge on any atom is -0.481 e. The number of nitrogens with one attached hydrogen (secondary N) is 18. The SMILES string of the molecule is CC(C)C[C@H](NC(=O)[C@H](Cc1c[nH]c2ccccc12)NC(=O)[C@H](CC(N)=O)NC(=O)[C@H](CCC(=O)O)NC(=O)[C@H](CC(=O)O)NC(=O)[C@H](CO)NC(=O)[C@H](CS)NC(=O)[C@H](CC(C)C)NC(=O)[C@H](CCC(=O)O)NC(=O)[C@@H](N)Cc1c[nH]c2ccccc12)C(=O)N[C@@H](Cc1c[nH]c2ccccc12)C(=O)N[C@@H](CS)C(=O)N[C@@H](Cc1c[nH]c2ccccc12)C(=O)N1CCC[C@H]1C(=O)N[C@@H](Cc1cnc[nH]1)C(=O)O. The molecule has 15 atom stereocenters. The normalized spacial score (nSPS) is 15.5. The number of fused-ring (bicyclic) bond motifs is 4. The molecule has 1 fully saturated rings. The number of hydrogen-bond acceptors (Lipinski definition) is 24. The number of carbonyl (C=O) groups is 19. The van der Waals surface area contributed by atoms with Gasteiger partial charge in [-0.1, -0.05) is 100 Å². The number of aliphatic carboxylic acids is 4. The van der Waals surface area contributed by atoms with Crippen molar-refractivity contribution >= 4 is 181 Å². The highest BCUT2D eigenvalue weighted by molar-refractivity contribution is 7.80. The maximum Gasteiger partial charge on any atom is 0.326 e. The second kappa shape index (κ2) is 51.6. The Balaban J connectivity index is 0.835. The number of carboxylic acids is 4. The number of amides is 15. The zero-order valence-corrected chi connectivity index (χ0v) is 79.7. The van der Waals surface area contributed by atoms with Gasteiger partial charge in [-0.3, -0.25) is 86.3 Å². The Hall–Kier alpha value is -15.2. The van der Waals surface area contributed by atoms with E-state index in [4.69, 9.17) is 11.5 Å². The van der Waals surface area contributed by atoms with Gasteiger partial charge in [0.15, 0.2) is 0 Å². The Morgan fingerprint density at radius 3 is 1.12 bits per heavy atom. The number of benzene rings is 4. The van der Waals surface area contributed by atoms with Crippen molar-refractivity contribution in [1.29, 1.82) is 0 Å². The van der Waals surface area contributed by atoms with Crippen LogP contribution in [-0.4, -0.2) is 288 Å². The molecule has 10 rings (SSSR count). The van der Waals surface area contributed by atoms with E-state index in [0.29, 0.717) is 67.1 Å². The van der Waals surface area contributed by atoms with Crippen LogP contribution in [0.4, 0.5) is 0 Å². The first-order chi connectivity index (χ1) is 67.7. The Bertz CT molecular complexity index is 6080. The summed E-state index contributed by atoms with van der Waals surface area (Å²) in [4.78, 5) is 286. The molecule has 4 aromatic carbocycles. The summed E-state index contributed by atoms with van der Waals surface area (Å²) in [5.41, 5.74) is 17.1. The second-order valence-electron chi connectivity index (χ2n) is 35.4. The van der Waals surface area contributed by atoms with Gasteiger partial charge in [0.2, 0.25) is 88.6 Å². The number of hydrogen-bond donors (Lipinski definition) is 27. The van der Waals surface area contributed by atoms with Crippen molar-refractivity contribution in [3.63, 3.8) is 0 Å². The molecule has 1 aliphatic rings. The molecule has 1 saturated heterocycles. The number of carbonyl (C=O) groups excluding carboxylic acids is 15. The predicted octanol–water partition coefficient (Wildman–Crippen LogP) is -1.42. The van der Waals surface area contributed by atoms with Crippen molar-refractivity contribution in [2.45, 2.75) is 215 Å². The molecule has 9 aromatic rings. The number of aromatic nitrogens is 6. The molecular weight excluding hydrogens is 1890 g/mol. The fraction of sp³-hybridized carbons (Fsp3) is 0.426. The average molecular weight is 2000 g/mol. The molecule has 142 heavy (non-hydrogen) atoms. The summed E-state index contributed by atoms with van der Waals surface area (Å²) >= 11 is 8.68. The third kappa shape index (κ3) is 30.7. The fourth-order valence-electron chi connectivity index (χ4n) is 16.5. The van der Waals surface area contributed by atoms with Gasteiger partial charge in [0.25, 0.3) is 0 Å². The van der Waals surface area contributed by atoms with Crippen LogP contribution in [0.1, 0.15) is 120 Å². The maximum atomic E-state index is 15.4. The number of aliphatic hydroxyl groups is 1. The Morgan fingerprint density at radius 1 is 0.394 bits per heavy atom. The Labute approximate surface area is 822 Å². The molecule has 0 radical (unpaired) electrons. The van der Waals surface area contributed by atoms with Crippen molar-refractivity contribution in [2.75, 3.05) is 24.7 Å². The smallest absolute Gasteiger partial charge is 0.326 e. The number of imidazole rings is 1. The number of rotatable bonds is 55. The minimum atomic E-state index is -2.26. The number of para-hydroxylation sites is 4. The van der Waals surface area contributed by atoms with Gasteiger partial charge in [0, 0.05) is 137 Å². The molecule has 0 bridgehead atoms. The topological polar surface area (TPSA) is 729 Å². The highest BCUT2D eigenvalue weighted by atomic mass is 32.1. The third-order valence-electron chi connectivity index (χ3n) is 23.8. The third-order valence-corrected chi connectivity index (χ3v) is 24.5. The van der Waals surface area contributed by atoms with Crippen LogP contribution in [-0.2, 0) is 123 Å². The standard InChI is InChI=1S/C94H118N22O24S2/c1-46(2)28-64(83(128)107-67(32-50-39-100-60-20-11-7-16-55(50)60)86(131)115-73(43-141)90(135)111-70(33-51-40-101-61-21-12-8-17-56(51)61)93(138)116-27-13-22-75(116)92(137)112-71(94(139)140)34-52-41-97-45-102-52)106-85(130)66(31-49-38-99-59-19-10-6-15-54(49)59)108-87(132)68(35-76(96)118)109-82(127)63(24-26-78(121)122)104-88(133)69(36-79(123)124)110-89(134)72(42-117)113-91(136)74(44-142)114-84(129)65(29-47(3)4)105-81(126)62(23-25-77(119)120)103-80(125)57(95)30-48-37-98-58-18-9-5-14-53(48)58/h5-12,14-21,37-41,45-47,57,62-75,98-101,117,141-142H,13,22-36,42-44,95H2,1-4H3,(H2,96,118)(H,97,102)(H,103,125)(H,104,133)(H,105,126)(H,106,130)(H,107,128)(H,108,132)(H,109,127)(H,110,134)(H,111,135)(H,112,137)(H,113,136)(H,114,129)(H,115,131)(H,119,120)(H,121,122)(H,123,124)(H,139,140)/t57-,62-,63-,64-,65-,66-,67-,68-,69-,70-,71-,72-,73-,74-,75-/m0/s1. The van der Waals surface area contributed by atoms with Gasteiger partial charge in [-0.25, -0.2) is 9.78 Å². The van der Waals surface area contributed by atoms with Crippen LogP contribution < -0.4 is 80.6 Å². The lowest BCUT2D eigenvalue weighted by atomic mass is 9.99. The summed E-state index contributed by atoms with van der Waals surface area (Å²) in [5.74, 6) is -24.4. The van der Waals surface area contributed by atoms with E-state index in [1.165, 1.54) is 23.6 Å². The summed E-state index contributed by atoms with van der Waals surface area (Å²) in [7, 11) is 0. The van der Waals surface area contributed by atoms with Crippen LogP contribution >= 0.6 is 25.3 Å². The van der Waals surface area contributed by atoms with Crippen LogP contribution in [0.15, 0.2) is 134 Å². The van der Waals surface area contributed by atoms with Crippen molar-refractivity contribution in [3.8, 4) is 0 Å². The van der Waals surface area contributed by atoms with Gasteiger partial charge in [-0.15, -0.1) is 0 Å². The van der Waals surface area contributed by atoms with Crippen molar-refractivity contribution in [2.24, 2.45) is 23.3 Å². The van der Waals surface area contributed by atoms with Gasteiger partial charge < -0.3 is 136 Å². The van der Waals surface area contributed by atoms with Gasteiger partial charge in [0.1, 0.15) is 84.6 Å². The van der Waals surface area contributed by atoms with E-state index in [0.717, 1.165) is 10.9 Å². The molecular formula is C94H118N22O24S2. The molecule has 760 valence electrons. The average Bonchev–Trinajstić information content (AvgIpc) is 1.68. The molecule has 6 heterocycles. The van der Waals surface area contributed by atoms with Gasteiger partial charge in [-0.05, 0) is 103 Å². The first kappa shape index (κ1) is 109. The highest BCUT2D eigenvalue weighted by Crippen LogP contribution is 2.27. The van der Waals surface area contributed by atoms with Crippen LogP contribution in [0.5, 0.6) is 0 Å². The second-order valence-corrected chi connectivity index (χ2v) is 36.1. The summed E-state index contributed by atoms with van der Waals surface area (Å²) in [6.45, 7) is 5.49. The van der Waals surface area contributed by atoms with Gasteiger partial charge in [-0.2, -0.15) is 25.3 Å². The van der Waals surface area contributed by atoms with Crippen LogP contribution in [0, 0.1) is 11.8 Å². The zero-order chi connectivity index (χ0) is 103. The molecule has 5 aromatic heterocycles. The fourth-order valence-corrected chi connectivity index (χ4v) is 17.0. The summed E-state index contributed by atoms with van der Waals surface area (Å²) in [6, 6.07) is 2.87. The maximum absolute atomic E-state index is 15.4. The number of carboxylic acid groups (broad SMARTS) is 4. The van der Waals surface area contributed by atoms with E-state index < -0.39 is 272 Å². The monoisotopic (exact) mass is 2000 g/mol. The molecule has 46 nitrogen and oxygen atoms in total. The van der Waals surface area contributed by atoms with Crippen LogP contribution in [0.25, 0.3) is 43.6 Å². The predicted molar refractivity (Wildman–Crippen MR) is 519 cm³/mol. The first-order valence-corrected chi connectivity index (χ1v) is 47.1. The number of H-pyrrole nitrogens is 5. The highest BCUT2D eigenvalue weighted by Gasteiger charge is 2.43. The molecule has 0 spiro atoms. The van der Waals surface area contributed by atoms with Crippen molar-refractivity contribution < 1.29 is 117 Å². The zero-order valence-electron chi connectivity index (χ0n) is 77.9. The summed E-state index contributed by atoms with van der Waals surface area (Å²) in [5, 5.41) is 84.9. The van der Waals surface area contributed by atoms with E-state index in [9.17, 15) is 92.7 Å². The van der Waals surface area contributed by atoms with Crippen LogP contribution in [0.2, 0.25) is 0 Å². The van der Waals surface area contributed by atoms with Crippen LogP contribution in [0.3, 0.4) is 0 Å². The van der Waals surface area contributed by atoms with Gasteiger partial charge in [0.05, 0.1) is 31.8 Å². The molecule has 1 aliphatic heterocycles. The summed E-state index contributed by atoms with van der Waals surface area (Å²) < 4.78 is 0. The van der Waals surface area contributed by atoms with Crippen molar-refractivity contribution in [3.05, 3.63) is 162 Å². The van der Waals surface area contributed by atoms with E-state index in [-0.39, 0.29) is 57.4 Å². The lowest BCUT2D eigenvalue weighted by Crippen LogP contribution is -2.62. The molecule has 48 heteroatoms. The summed E-state index contributed by atoms with van der Waals surface area (Å²) in [6.07, 6.45) is 3.01. The van der Waals surface area contributed by atoms with E-state index in [1.807, 2.05) is 6.07 Å². The van der Waals surface area contributed by atoms with E-state index in [2.05, 4.69) is 124 Å². The lowest BCUT2D eigenvalue weighted by molar-refractivity contribution is -0.145.